The molecule has 1 aromatic rings. The summed E-state index contributed by atoms with van der Waals surface area (Å²) in [6.07, 6.45) is 0. The van der Waals surface area contributed by atoms with Gasteiger partial charge in [0, 0.05) is 17.1 Å². The highest BCUT2D eigenvalue weighted by Crippen LogP contribution is 2.17. The van der Waals surface area contributed by atoms with Crippen molar-refractivity contribution in [3.8, 4) is 0 Å². The fourth-order valence-corrected chi connectivity index (χ4v) is 1.28. The number of hydrogen-bond donors (Lipinski definition) is 2. The molecule has 0 bridgehead atoms. The van der Waals surface area contributed by atoms with E-state index in [-0.39, 0.29) is 0 Å². The van der Waals surface area contributed by atoms with Gasteiger partial charge in [-0.1, -0.05) is 17.7 Å². The maximum atomic E-state index is 10.8. The van der Waals surface area contributed by atoms with E-state index < -0.39 is 5.91 Å². The second-order valence-corrected chi connectivity index (χ2v) is 3.11. The molecule has 0 saturated heterocycles. The number of nitrogens with one attached hydrogen (secondary N) is 1. The molecule has 0 radical (unpaired) electrons. The molecule has 0 unspecified atom stereocenters. The summed E-state index contributed by atoms with van der Waals surface area (Å²) in [7, 11) is 1.83. The van der Waals surface area contributed by atoms with Gasteiger partial charge in [0.15, 0.2) is 0 Å². The van der Waals surface area contributed by atoms with Crippen LogP contribution in [0.2, 0.25) is 5.02 Å². The lowest BCUT2D eigenvalue weighted by Gasteiger charge is -2.04. The van der Waals surface area contributed by atoms with Gasteiger partial charge in [-0.05, 0) is 24.7 Å². The van der Waals surface area contributed by atoms with Crippen molar-refractivity contribution in [2.45, 2.75) is 6.54 Å². The summed E-state index contributed by atoms with van der Waals surface area (Å²) < 4.78 is 0. The fourth-order valence-electron chi connectivity index (χ4n) is 1.03. The standard InChI is InChI=1S/C9H11ClN2O/c1-12-5-7-3-2-6(9(11)13)4-8(7)10/h2-4,12H,5H2,1H3,(H2,11,13). The molecular formula is C9H11ClN2O. The average molecular weight is 199 g/mol. The molecular weight excluding hydrogens is 188 g/mol. The third-order valence-electron chi connectivity index (χ3n) is 1.70. The largest absolute Gasteiger partial charge is 0.366 e. The van der Waals surface area contributed by atoms with E-state index in [1.807, 2.05) is 7.05 Å². The summed E-state index contributed by atoms with van der Waals surface area (Å²) in [6, 6.07) is 5.04. The first-order chi connectivity index (χ1) is 6.15. The zero-order chi connectivity index (χ0) is 9.84. The maximum Gasteiger partial charge on any atom is 0.248 e. The van der Waals surface area contributed by atoms with Gasteiger partial charge in [0.2, 0.25) is 5.91 Å². The van der Waals surface area contributed by atoms with Crippen molar-refractivity contribution in [2.75, 3.05) is 7.05 Å². The number of carbonyl (C=O) groups excluding carboxylic acids is 1. The Balaban J connectivity index is 2.98. The molecule has 3 N–H and O–H groups in total. The summed E-state index contributed by atoms with van der Waals surface area (Å²) in [5.41, 5.74) is 6.48. The number of carbonyl (C=O) groups is 1. The van der Waals surface area contributed by atoms with Gasteiger partial charge in [-0.3, -0.25) is 4.79 Å². The quantitative estimate of drug-likeness (QED) is 0.766. The van der Waals surface area contributed by atoms with E-state index in [4.69, 9.17) is 17.3 Å². The molecule has 3 nitrogen and oxygen atoms in total. The lowest BCUT2D eigenvalue weighted by molar-refractivity contribution is 0.100. The van der Waals surface area contributed by atoms with Crippen LogP contribution in [0.5, 0.6) is 0 Å². The topological polar surface area (TPSA) is 55.1 Å². The summed E-state index contributed by atoms with van der Waals surface area (Å²) in [4.78, 5) is 10.8. The van der Waals surface area contributed by atoms with Crippen molar-refractivity contribution < 1.29 is 4.79 Å². The fraction of sp³-hybridized carbons (Fsp3) is 0.222. The molecule has 0 heterocycles. The monoisotopic (exact) mass is 198 g/mol. The van der Waals surface area contributed by atoms with Crippen LogP contribution < -0.4 is 11.1 Å². The highest BCUT2D eigenvalue weighted by Gasteiger charge is 2.04. The predicted octanol–water partition coefficient (Wildman–Crippen LogP) is 1.16. The predicted molar refractivity (Wildman–Crippen MR) is 52.7 cm³/mol. The van der Waals surface area contributed by atoms with Crippen molar-refractivity contribution in [1.29, 1.82) is 0 Å². The van der Waals surface area contributed by atoms with Gasteiger partial charge < -0.3 is 11.1 Å². The smallest absolute Gasteiger partial charge is 0.248 e. The SMILES string of the molecule is CNCc1ccc(C(N)=O)cc1Cl. The number of primary amides is 1. The molecule has 4 heteroatoms. The minimum absolute atomic E-state index is 0.435. The van der Waals surface area contributed by atoms with Crippen molar-refractivity contribution >= 4 is 17.5 Å². The van der Waals surface area contributed by atoms with Crippen molar-refractivity contribution in [1.82, 2.24) is 5.32 Å². The number of rotatable bonds is 3. The first-order valence-electron chi connectivity index (χ1n) is 3.88. The highest BCUT2D eigenvalue weighted by atomic mass is 35.5. The normalized spacial score (nSPS) is 10.0. The van der Waals surface area contributed by atoms with Crippen LogP contribution in [-0.4, -0.2) is 13.0 Å². The molecule has 0 aromatic heterocycles. The average Bonchev–Trinajstić information content (AvgIpc) is 2.08. The van der Waals surface area contributed by atoms with E-state index in [1.165, 1.54) is 0 Å². The van der Waals surface area contributed by atoms with Crippen molar-refractivity contribution in [2.24, 2.45) is 5.73 Å². The number of halogens is 1. The Hall–Kier alpha value is -1.06. The van der Waals surface area contributed by atoms with Crippen molar-refractivity contribution in [3.63, 3.8) is 0 Å². The van der Waals surface area contributed by atoms with Gasteiger partial charge >= 0.3 is 0 Å². The molecule has 0 aliphatic carbocycles. The molecule has 1 rings (SSSR count). The minimum Gasteiger partial charge on any atom is -0.366 e. The first-order valence-corrected chi connectivity index (χ1v) is 4.25. The van der Waals surface area contributed by atoms with E-state index in [0.29, 0.717) is 17.1 Å². The lowest BCUT2D eigenvalue weighted by Crippen LogP contribution is -2.12. The third kappa shape index (κ3) is 2.44. The Morgan fingerprint density at radius 2 is 2.31 bits per heavy atom. The zero-order valence-electron chi connectivity index (χ0n) is 7.30. The van der Waals surface area contributed by atoms with Crippen molar-refractivity contribution in [3.05, 3.63) is 34.3 Å². The zero-order valence-corrected chi connectivity index (χ0v) is 8.06. The van der Waals surface area contributed by atoms with Crippen LogP contribution in [0.3, 0.4) is 0 Å². The number of nitrogens with two attached hydrogens (primary N) is 1. The minimum atomic E-state index is -0.460. The summed E-state index contributed by atoms with van der Waals surface area (Å²) in [6.45, 7) is 0.678. The molecule has 0 saturated carbocycles. The van der Waals surface area contributed by atoms with Gasteiger partial charge in [0.1, 0.15) is 0 Å². The van der Waals surface area contributed by atoms with Gasteiger partial charge in [-0.15, -0.1) is 0 Å². The Labute approximate surface area is 81.9 Å². The molecule has 0 aliphatic heterocycles. The van der Waals surface area contributed by atoms with E-state index in [1.54, 1.807) is 18.2 Å². The molecule has 0 spiro atoms. The second-order valence-electron chi connectivity index (χ2n) is 2.70. The van der Waals surface area contributed by atoms with Gasteiger partial charge in [-0.2, -0.15) is 0 Å². The van der Waals surface area contributed by atoms with Crippen LogP contribution in [0.15, 0.2) is 18.2 Å². The molecule has 13 heavy (non-hydrogen) atoms. The van der Waals surface area contributed by atoms with Gasteiger partial charge in [0.05, 0.1) is 0 Å². The molecule has 0 aliphatic rings. The number of hydrogen-bond acceptors (Lipinski definition) is 2. The van der Waals surface area contributed by atoms with E-state index in [9.17, 15) is 4.79 Å². The Kier molecular flexibility index (Phi) is 3.28. The highest BCUT2D eigenvalue weighted by molar-refractivity contribution is 6.31. The molecule has 70 valence electrons. The number of amides is 1. The van der Waals surface area contributed by atoms with Crippen LogP contribution in [0.4, 0.5) is 0 Å². The first kappa shape index (κ1) is 10.0. The summed E-state index contributed by atoms with van der Waals surface area (Å²) in [5.74, 6) is -0.460. The Morgan fingerprint density at radius 1 is 1.62 bits per heavy atom. The molecule has 1 aromatic carbocycles. The van der Waals surface area contributed by atoms with Crippen LogP contribution >= 0.6 is 11.6 Å². The Bertz CT molecular complexity index is 325. The van der Waals surface area contributed by atoms with Crippen LogP contribution in [0.1, 0.15) is 15.9 Å². The Morgan fingerprint density at radius 3 is 2.77 bits per heavy atom. The summed E-state index contributed by atoms with van der Waals surface area (Å²) >= 11 is 5.90. The van der Waals surface area contributed by atoms with Crippen LogP contribution in [-0.2, 0) is 6.54 Å². The molecule has 0 fully saturated rings. The lowest BCUT2D eigenvalue weighted by atomic mass is 10.1. The van der Waals surface area contributed by atoms with Crippen LogP contribution in [0, 0.1) is 0 Å². The molecule has 0 atom stereocenters. The van der Waals surface area contributed by atoms with Gasteiger partial charge in [0.25, 0.3) is 0 Å². The third-order valence-corrected chi connectivity index (χ3v) is 2.06. The van der Waals surface area contributed by atoms with Gasteiger partial charge in [-0.25, -0.2) is 0 Å². The maximum absolute atomic E-state index is 10.8. The number of benzene rings is 1. The van der Waals surface area contributed by atoms with E-state index in [0.717, 1.165) is 5.56 Å². The summed E-state index contributed by atoms with van der Waals surface area (Å²) in [5, 5.41) is 3.53. The second kappa shape index (κ2) is 4.25. The van der Waals surface area contributed by atoms with Crippen LogP contribution in [0.25, 0.3) is 0 Å². The van der Waals surface area contributed by atoms with E-state index in [2.05, 4.69) is 5.32 Å². The van der Waals surface area contributed by atoms with E-state index >= 15 is 0 Å². The molecule has 1 amide bonds.